The third kappa shape index (κ3) is 3.78. The SMILES string of the molecule is CC(=O)Nc1cccc(NC(=O)c2sccc2-c2ccccc2)c1C. The molecule has 0 unspecified atom stereocenters. The summed E-state index contributed by atoms with van der Waals surface area (Å²) >= 11 is 1.41. The fourth-order valence-corrected chi connectivity index (χ4v) is 3.42. The van der Waals surface area contributed by atoms with Gasteiger partial charge >= 0.3 is 0 Å². The van der Waals surface area contributed by atoms with E-state index < -0.39 is 0 Å². The van der Waals surface area contributed by atoms with Gasteiger partial charge in [0.1, 0.15) is 0 Å². The van der Waals surface area contributed by atoms with Gasteiger partial charge in [-0.1, -0.05) is 36.4 Å². The number of carbonyl (C=O) groups is 2. The topological polar surface area (TPSA) is 58.2 Å². The summed E-state index contributed by atoms with van der Waals surface area (Å²) in [6, 6.07) is 17.2. The van der Waals surface area contributed by atoms with E-state index in [1.165, 1.54) is 18.3 Å². The first-order valence-electron chi connectivity index (χ1n) is 7.87. The lowest BCUT2D eigenvalue weighted by molar-refractivity contribution is -0.114. The van der Waals surface area contributed by atoms with Crippen LogP contribution in [-0.2, 0) is 4.79 Å². The van der Waals surface area contributed by atoms with Gasteiger partial charge in [-0.3, -0.25) is 9.59 Å². The molecule has 1 aromatic heterocycles. The lowest BCUT2D eigenvalue weighted by atomic mass is 10.1. The second-order valence-electron chi connectivity index (χ2n) is 5.64. The number of anilines is 2. The van der Waals surface area contributed by atoms with Gasteiger partial charge in [0.05, 0.1) is 4.88 Å². The van der Waals surface area contributed by atoms with Crippen molar-refractivity contribution in [2.75, 3.05) is 10.6 Å². The predicted octanol–water partition coefficient (Wildman–Crippen LogP) is 4.93. The standard InChI is InChI=1S/C20H18N2O2S/c1-13-17(21-14(2)23)9-6-10-18(13)22-20(24)19-16(11-12-25-19)15-7-4-3-5-8-15/h3-12H,1-2H3,(H,21,23)(H,22,24). The van der Waals surface area contributed by atoms with Crippen LogP contribution in [0.1, 0.15) is 22.2 Å². The Labute approximate surface area is 150 Å². The first kappa shape index (κ1) is 16.9. The van der Waals surface area contributed by atoms with Gasteiger partial charge in [0, 0.05) is 23.9 Å². The number of carbonyl (C=O) groups excluding carboxylic acids is 2. The van der Waals surface area contributed by atoms with Crippen LogP contribution in [0.15, 0.2) is 60.0 Å². The monoisotopic (exact) mass is 350 g/mol. The second-order valence-corrected chi connectivity index (χ2v) is 6.56. The van der Waals surface area contributed by atoms with Crippen LogP contribution in [0.4, 0.5) is 11.4 Å². The molecular formula is C20H18N2O2S. The smallest absolute Gasteiger partial charge is 0.266 e. The normalized spacial score (nSPS) is 10.3. The highest BCUT2D eigenvalue weighted by Gasteiger charge is 2.16. The number of rotatable bonds is 4. The molecule has 126 valence electrons. The lowest BCUT2D eigenvalue weighted by Crippen LogP contribution is -2.14. The molecule has 0 fully saturated rings. The fraction of sp³-hybridized carbons (Fsp3) is 0.100. The second kappa shape index (κ2) is 7.32. The predicted molar refractivity (Wildman–Crippen MR) is 103 cm³/mol. The molecule has 0 spiro atoms. The van der Waals surface area contributed by atoms with E-state index >= 15 is 0 Å². The number of hydrogen-bond donors (Lipinski definition) is 2. The van der Waals surface area contributed by atoms with Crippen LogP contribution in [0, 0.1) is 6.92 Å². The molecule has 3 aromatic rings. The molecule has 2 amide bonds. The zero-order chi connectivity index (χ0) is 17.8. The van der Waals surface area contributed by atoms with Crippen molar-refractivity contribution in [3.05, 3.63) is 70.4 Å². The van der Waals surface area contributed by atoms with Crippen molar-refractivity contribution >= 4 is 34.5 Å². The van der Waals surface area contributed by atoms with Crippen LogP contribution < -0.4 is 10.6 Å². The third-order valence-electron chi connectivity index (χ3n) is 3.85. The van der Waals surface area contributed by atoms with Crippen molar-refractivity contribution in [2.45, 2.75) is 13.8 Å². The summed E-state index contributed by atoms with van der Waals surface area (Å²) in [5.74, 6) is -0.298. The van der Waals surface area contributed by atoms with Gasteiger partial charge in [-0.05, 0) is 41.6 Å². The molecular weight excluding hydrogens is 332 g/mol. The highest BCUT2D eigenvalue weighted by molar-refractivity contribution is 7.12. The number of thiophene rings is 1. The van der Waals surface area contributed by atoms with Gasteiger partial charge in [0.25, 0.3) is 5.91 Å². The van der Waals surface area contributed by atoms with E-state index in [4.69, 9.17) is 0 Å². The summed E-state index contributed by atoms with van der Waals surface area (Å²) in [5.41, 5.74) is 4.13. The largest absolute Gasteiger partial charge is 0.326 e. The van der Waals surface area contributed by atoms with Gasteiger partial charge in [0.2, 0.25) is 5.91 Å². The van der Waals surface area contributed by atoms with E-state index in [0.717, 1.165) is 16.7 Å². The van der Waals surface area contributed by atoms with Gasteiger partial charge in [-0.2, -0.15) is 0 Å². The first-order valence-corrected chi connectivity index (χ1v) is 8.75. The lowest BCUT2D eigenvalue weighted by Gasteiger charge is -2.13. The first-order chi connectivity index (χ1) is 12.1. The number of benzene rings is 2. The number of hydrogen-bond acceptors (Lipinski definition) is 3. The molecule has 2 N–H and O–H groups in total. The van der Waals surface area contributed by atoms with Crippen molar-refractivity contribution in [3.63, 3.8) is 0 Å². The zero-order valence-electron chi connectivity index (χ0n) is 14.0. The molecule has 0 aliphatic rings. The quantitative estimate of drug-likeness (QED) is 0.700. The molecule has 0 atom stereocenters. The summed E-state index contributed by atoms with van der Waals surface area (Å²) < 4.78 is 0. The average molecular weight is 350 g/mol. The van der Waals surface area contributed by atoms with Crippen LogP contribution in [-0.4, -0.2) is 11.8 Å². The summed E-state index contributed by atoms with van der Waals surface area (Å²) in [6.07, 6.45) is 0. The van der Waals surface area contributed by atoms with E-state index in [1.807, 2.05) is 60.8 Å². The minimum atomic E-state index is -0.156. The van der Waals surface area contributed by atoms with Crippen LogP contribution in [0.3, 0.4) is 0 Å². The molecule has 5 heteroatoms. The van der Waals surface area contributed by atoms with Crippen LogP contribution in [0.5, 0.6) is 0 Å². The van der Waals surface area contributed by atoms with E-state index in [0.29, 0.717) is 16.3 Å². The maximum atomic E-state index is 12.8. The van der Waals surface area contributed by atoms with Crippen LogP contribution >= 0.6 is 11.3 Å². The Kier molecular flexibility index (Phi) is 4.95. The van der Waals surface area contributed by atoms with E-state index in [9.17, 15) is 9.59 Å². The molecule has 4 nitrogen and oxygen atoms in total. The van der Waals surface area contributed by atoms with Crippen molar-refractivity contribution in [3.8, 4) is 11.1 Å². The van der Waals surface area contributed by atoms with Gasteiger partial charge in [0.15, 0.2) is 0 Å². The van der Waals surface area contributed by atoms with E-state index in [-0.39, 0.29) is 11.8 Å². The summed E-state index contributed by atoms with van der Waals surface area (Å²) in [5, 5.41) is 7.64. The highest BCUT2D eigenvalue weighted by Crippen LogP contribution is 2.30. The van der Waals surface area contributed by atoms with Crippen molar-refractivity contribution in [1.82, 2.24) is 0 Å². The Bertz CT molecular complexity index is 916. The number of nitrogens with one attached hydrogen (secondary N) is 2. The molecule has 0 bridgehead atoms. The molecule has 0 aliphatic carbocycles. The Balaban J connectivity index is 1.87. The Hall–Kier alpha value is -2.92. The maximum absolute atomic E-state index is 12.8. The Morgan fingerprint density at radius 2 is 1.56 bits per heavy atom. The highest BCUT2D eigenvalue weighted by atomic mass is 32.1. The van der Waals surface area contributed by atoms with Crippen molar-refractivity contribution in [2.24, 2.45) is 0 Å². The minimum absolute atomic E-state index is 0.142. The molecule has 0 aliphatic heterocycles. The minimum Gasteiger partial charge on any atom is -0.326 e. The molecule has 2 aromatic carbocycles. The summed E-state index contributed by atoms with van der Waals surface area (Å²) in [7, 11) is 0. The Morgan fingerprint density at radius 3 is 2.24 bits per heavy atom. The van der Waals surface area contributed by atoms with Crippen molar-refractivity contribution < 1.29 is 9.59 Å². The molecule has 0 radical (unpaired) electrons. The van der Waals surface area contributed by atoms with Crippen LogP contribution in [0.25, 0.3) is 11.1 Å². The van der Waals surface area contributed by atoms with Gasteiger partial charge in [-0.15, -0.1) is 11.3 Å². The number of amides is 2. The van der Waals surface area contributed by atoms with Gasteiger partial charge in [-0.25, -0.2) is 0 Å². The summed E-state index contributed by atoms with van der Waals surface area (Å²) in [4.78, 5) is 24.7. The van der Waals surface area contributed by atoms with E-state index in [1.54, 1.807) is 6.07 Å². The van der Waals surface area contributed by atoms with Crippen LogP contribution in [0.2, 0.25) is 0 Å². The van der Waals surface area contributed by atoms with Crippen molar-refractivity contribution in [1.29, 1.82) is 0 Å². The molecule has 1 heterocycles. The average Bonchev–Trinajstić information content (AvgIpc) is 3.09. The maximum Gasteiger partial charge on any atom is 0.266 e. The Morgan fingerprint density at radius 1 is 0.880 bits per heavy atom. The fourth-order valence-electron chi connectivity index (χ4n) is 2.61. The molecule has 25 heavy (non-hydrogen) atoms. The van der Waals surface area contributed by atoms with Gasteiger partial charge < -0.3 is 10.6 Å². The third-order valence-corrected chi connectivity index (χ3v) is 4.76. The summed E-state index contributed by atoms with van der Waals surface area (Å²) in [6.45, 7) is 3.33. The molecule has 3 rings (SSSR count). The molecule has 0 saturated heterocycles. The zero-order valence-corrected chi connectivity index (χ0v) is 14.8. The molecule has 0 saturated carbocycles. The van der Waals surface area contributed by atoms with E-state index in [2.05, 4.69) is 10.6 Å².